The molecule has 0 aromatic heterocycles. The summed E-state index contributed by atoms with van der Waals surface area (Å²) in [5, 5.41) is 28.8. The first-order chi connectivity index (χ1) is 16.0. The number of aliphatic carboxylic acids is 1. The second-order valence-electron chi connectivity index (χ2n) is 8.07. The van der Waals surface area contributed by atoms with E-state index in [1.54, 1.807) is 24.3 Å². The standard InChI is InChI=1S/C26H25FN4O2/c27-21-9-2-1-8-20(21)26(23-16-30-22-10-4-7-19(15-28)25(22)31-23)29-12-11-17-5-3-6-18(13-17)14-24(32)33/h1-10,13,23,26,29-31H,11-12,14,16H2,(H,32,33)/t23-,26-/m1/s1. The largest absolute Gasteiger partial charge is 0.481 e. The molecule has 4 N–H and O–H groups in total. The molecule has 6 nitrogen and oxygen atoms in total. The van der Waals surface area contributed by atoms with Crippen LogP contribution < -0.4 is 16.0 Å². The maximum Gasteiger partial charge on any atom is 0.307 e. The van der Waals surface area contributed by atoms with Gasteiger partial charge in [-0.25, -0.2) is 4.39 Å². The van der Waals surface area contributed by atoms with Crippen LogP contribution in [0.3, 0.4) is 0 Å². The van der Waals surface area contributed by atoms with Crippen molar-refractivity contribution < 1.29 is 14.3 Å². The monoisotopic (exact) mass is 444 g/mol. The van der Waals surface area contributed by atoms with Crippen molar-refractivity contribution in [1.82, 2.24) is 5.32 Å². The molecule has 33 heavy (non-hydrogen) atoms. The van der Waals surface area contributed by atoms with E-state index in [9.17, 15) is 14.4 Å². The summed E-state index contributed by atoms with van der Waals surface area (Å²) in [6, 6.07) is 21.4. The molecule has 0 fully saturated rings. The van der Waals surface area contributed by atoms with Gasteiger partial charge in [0.1, 0.15) is 11.9 Å². The Balaban J connectivity index is 1.53. The molecule has 0 radical (unpaired) electrons. The number of nitrogens with zero attached hydrogens (tertiary/aromatic N) is 1. The fourth-order valence-electron chi connectivity index (χ4n) is 4.24. The number of hydrogen-bond acceptors (Lipinski definition) is 5. The van der Waals surface area contributed by atoms with Crippen LogP contribution >= 0.6 is 0 Å². The quantitative estimate of drug-likeness (QED) is 0.418. The van der Waals surface area contributed by atoms with E-state index in [4.69, 9.17) is 5.11 Å². The molecule has 3 aromatic carbocycles. The molecule has 7 heteroatoms. The first kappa shape index (κ1) is 22.3. The van der Waals surface area contributed by atoms with Crippen molar-refractivity contribution >= 4 is 17.3 Å². The van der Waals surface area contributed by atoms with Crippen molar-refractivity contribution in [2.75, 3.05) is 23.7 Å². The third-order valence-corrected chi connectivity index (χ3v) is 5.79. The van der Waals surface area contributed by atoms with Crippen molar-refractivity contribution in [3.63, 3.8) is 0 Å². The number of carboxylic acids is 1. The van der Waals surface area contributed by atoms with E-state index in [0.717, 1.165) is 22.5 Å². The van der Waals surface area contributed by atoms with Crippen LogP contribution in [0.15, 0.2) is 66.7 Å². The molecule has 4 rings (SSSR count). The lowest BCUT2D eigenvalue weighted by Gasteiger charge is -2.35. The summed E-state index contributed by atoms with van der Waals surface area (Å²) < 4.78 is 14.8. The van der Waals surface area contributed by atoms with Gasteiger partial charge in [0.2, 0.25) is 0 Å². The number of nitrogens with one attached hydrogen (secondary N) is 3. The Morgan fingerprint density at radius 2 is 1.94 bits per heavy atom. The zero-order valence-corrected chi connectivity index (χ0v) is 18.0. The molecule has 2 atom stereocenters. The summed E-state index contributed by atoms with van der Waals surface area (Å²) in [6.07, 6.45) is 0.649. The Hall–Kier alpha value is -3.89. The van der Waals surface area contributed by atoms with Crippen LogP contribution in [0.2, 0.25) is 0 Å². The summed E-state index contributed by atoms with van der Waals surface area (Å²) in [4.78, 5) is 11.0. The third kappa shape index (κ3) is 5.30. The molecular weight excluding hydrogens is 419 g/mol. The number of carboxylic acid groups (broad SMARTS) is 1. The lowest BCUT2D eigenvalue weighted by Crippen LogP contribution is -2.45. The Labute approximate surface area is 192 Å². The molecule has 0 saturated heterocycles. The van der Waals surface area contributed by atoms with Crippen molar-refractivity contribution in [3.8, 4) is 6.07 Å². The molecule has 0 bridgehead atoms. The van der Waals surface area contributed by atoms with Crippen LogP contribution in [0.1, 0.15) is 28.3 Å². The number of anilines is 2. The molecule has 1 aliphatic heterocycles. The van der Waals surface area contributed by atoms with E-state index < -0.39 is 5.97 Å². The van der Waals surface area contributed by atoms with Gasteiger partial charge in [-0.15, -0.1) is 0 Å². The highest BCUT2D eigenvalue weighted by atomic mass is 19.1. The summed E-state index contributed by atoms with van der Waals surface area (Å²) in [6.45, 7) is 1.13. The Morgan fingerprint density at radius 3 is 2.73 bits per heavy atom. The van der Waals surface area contributed by atoms with Crippen molar-refractivity contribution in [2.24, 2.45) is 0 Å². The van der Waals surface area contributed by atoms with E-state index in [1.165, 1.54) is 6.07 Å². The number of hydrogen-bond donors (Lipinski definition) is 4. The van der Waals surface area contributed by atoms with E-state index in [-0.39, 0.29) is 24.3 Å². The fraction of sp³-hybridized carbons (Fsp3) is 0.231. The molecule has 1 heterocycles. The minimum Gasteiger partial charge on any atom is -0.481 e. The molecule has 1 aliphatic rings. The molecule has 0 unspecified atom stereocenters. The van der Waals surface area contributed by atoms with Gasteiger partial charge in [-0.05, 0) is 42.3 Å². The lowest BCUT2D eigenvalue weighted by atomic mass is 9.95. The minimum absolute atomic E-state index is 0.0164. The highest BCUT2D eigenvalue weighted by Gasteiger charge is 2.29. The Bertz CT molecular complexity index is 1190. The number of benzene rings is 3. The number of carbonyl (C=O) groups is 1. The number of halogens is 1. The number of fused-ring (bicyclic) bond motifs is 1. The van der Waals surface area contributed by atoms with Gasteiger partial charge < -0.3 is 21.1 Å². The van der Waals surface area contributed by atoms with Crippen LogP contribution in [-0.4, -0.2) is 30.2 Å². The van der Waals surface area contributed by atoms with Crippen molar-refractivity contribution in [3.05, 3.63) is 94.8 Å². The van der Waals surface area contributed by atoms with Crippen LogP contribution in [0.4, 0.5) is 15.8 Å². The molecule has 0 saturated carbocycles. The zero-order chi connectivity index (χ0) is 23.2. The van der Waals surface area contributed by atoms with Gasteiger partial charge >= 0.3 is 5.97 Å². The van der Waals surface area contributed by atoms with Gasteiger partial charge in [0, 0.05) is 12.1 Å². The van der Waals surface area contributed by atoms with Crippen LogP contribution in [0.5, 0.6) is 0 Å². The number of nitriles is 1. The maximum atomic E-state index is 14.8. The van der Waals surface area contributed by atoms with Gasteiger partial charge in [0.25, 0.3) is 0 Å². The Morgan fingerprint density at radius 1 is 1.15 bits per heavy atom. The van der Waals surface area contributed by atoms with Gasteiger partial charge in [-0.3, -0.25) is 4.79 Å². The minimum atomic E-state index is -0.863. The van der Waals surface area contributed by atoms with E-state index in [0.29, 0.717) is 30.6 Å². The highest BCUT2D eigenvalue weighted by molar-refractivity contribution is 5.77. The molecule has 0 spiro atoms. The van der Waals surface area contributed by atoms with Crippen molar-refractivity contribution in [1.29, 1.82) is 5.26 Å². The van der Waals surface area contributed by atoms with Crippen LogP contribution in [-0.2, 0) is 17.6 Å². The molecule has 3 aromatic rings. The second kappa shape index (κ2) is 10.2. The number of rotatable bonds is 8. The molecular formula is C26H25FN4O2. The lowest BCUT2D eigenvalue weighted by molar-refractivity contribution is -0.136. The average molecular weight is 445 g/mol. The van der Waals surface area contributed by atoms with Gasteiger partial charge in [0.05, 0.1) is 35.4 Å². The Kier molecular flexibility index (Phi) is 6.86. The zero-order valence-electron chi connectivity index (χ0n) is 18.0. The van der Waals surface area contributed by atoms with E-state index >= 15 is 0 Å². The average Bonchev–Trinajstić information content (AvgIpc) is 2.82. The topological polar surface area (TPSA) is 97.2 Å². The van der Waals surface area contributed by atoms with Crippen LogP contribution in [0.25, 0.3) is 0 Å². The third-order valence-electron chi connectivity index (χ3n) is 5.79. The second-order valence-corrected chi connectivity index (χ2v) is 8.07. The van der Waals surface area contributed by atoms with E-state index in [1.807, 2.05) is 36.4 Å². The van der Waals surface area contributed by atoms with Crippen molar-refractivity contribution in [2.45, 2.75) is 24.9 Å². The summed E-state index contributed by atoms with van der Waals surface area (Å²) >= 11 is 0. The van der Waals surface area contributed by atoms with Gasteiger partial charge in [-0.2, -0.15) is 5.26 Å². The predicted molar refractivity (Wildman–Crippen MR) is 126 cm³/mol. The number of para-hydroxylation sites is 1. The summed E-state index contributed by atoms with van der Waals surface area (Å²) in [5.41, 5.74) is 4.43. The van der Waals surface area contributed by atoms with Crippen LogP contribution in [0, 0.1) is 17.1 Å². The maximum absolute atomic E-state index is 14.8. The highest BCUT2D eigenvalue weighted by Crippen LogP contribution is 2.33. The van der Waals surface area contributed by atoms with Gasteiger partial charge in [-0.1, -0.05) is 48.5 Å². The summed E-state index contributed by atoms with van der Waals surface area (Å²) in [5.74, 6) is -1.16. The SMILES string of the molecule is N#Cc1cccc2c1N[C@@H]([C@H](NCCc1cccc(CC(=O)O)c1)c1ccccc1F)CN2. The smallest absolute Gasteiger partial charge is 0.307 e. The van der Waals surface area contributed by atoms with E-state index in [2.05, 4.69) is 22.0 Å². The normalized spacial score (nSPS) is 15.5. The van der Waals surface area contributed by atoms with Gasteiger partial charge in [0.15, 0.2) is 0 Å². The first-order valence-corrected chi connectivity index (χ1v) is 10.9. The fourth-order valence-corrected chi connectivity index (χ4v) is 4.24. The molecule has 168 valence electrons. The molecule has 0 amide bonds. The first-order valence-electron chi connectivity index (χ1n) is 10.9. The molecule has 0 aliphatic carbocycles. The summed E-state index contributed by atoms with van der Waals surface area (Å²) in [7, 11) is 0. The predicted octanol–water partition coefficient (Wildman–Crippen LogP) is 4.10.